The molecule has 0 saturated heterocycles. The quantitative estimate of drug-likeness (QED) is 0.778. The molecule has 0 unspecified atom stereocenters. The normalized spacial score (nSPS) is 10.4. The molecule has 3 heterocycles. The van der Waals surface area contributed by atoms with Crippen molar-refractivity contribution in [3.8, 4) is 11.3 Å². The molecule has 1 N–H and O–H groups in total. The zero-order valence-corrected chi connectivity index (χ0v) is 10.4. The Morgan fingerprint density at radius 3 is 2.94 bits per heavy atom. The first kappa shape index (κ1) is 11.0. The molecule has 0 spiro atoms. The molecular formula is C13H11N3OS. The van der Waals surface area contributed by atoms with Crippen LogP contribution in [-0.4, -0.2) is 9.97 Å². The van der Waals surface area contributed by atoms with E-state index in [4.69, 9.17) is 4.42 Å². The Hall–Kier alpha value is -2.14. The Bertz CT molecular complexity index is 605. The summed E-state index contributed by atoms with van der Waals surface area (Å²) >= 11 is 1.64. The van der Waals surface area contributed by atoms with Crippen molar-refractivity contribution in [2.75, 3.05) is 5.32 Å². The standard InChI is InChI=1S/C13H11N3OS/c1-2-11(17-6-1)8-16-13-12(14-4-5-15-13)10-3-7-18-9-10/h1-7,9H,8H2,(H,15,16). The molecule has 0 atom stereocenters. The molecule has 90 valence electrons. The van der Waals surface area contributed by atoms with E-state index in [0.29, 0.717) is 6.54 Å². The van der Waals surface area contributed by atoms with E-state index in [1.54, 1.807) is 30.0 Å². The summed E-state index contributed by atoms with van der Waals surface area (Å²) in [5, 5.41) is 7.33. The largest absolute Gasteiger partial charge is 0.467 e. The molecule has 0 aliphatic heterocycles. The molecule has 0 aliphatic rings. The van der Waals surface area contributed by atoms with Crippen LogP contribution in [0, 0.1) is 0 Å². The third-order valence-electron chi connectivity index (χ3n) is 2.50. The number of thiophene rings is 1. The summed E-state index contributed by atoms with van der Waals surface area (Å²) in [7, 11) is 0. The Labute approximate surface area is 108 Å². The molecule has 3 aromatic heterocycles. The minimum absolute atomic E-state index is 0.600. The van der Waals surface area contributed by atoms with Crippen LogP contribution in [0.1, 0.15) is 5.76 Å². The third kappa shape index (κ3) is 2.26. The van der Waals surface area contributed by atoms with Gasteiger partial charge in [-0.05, 0) is 23.6 Å². The zero-order valence-electron chi connectivity index (χ0n) is 9.54. The van der Waals surface area contributed by atoms with Gasteiger partial charge in [0.1, 0.15) is 11.5 Å². The molecule has 0 saturated carbocycles. The number of hydrogen-bond donors (Lipinski definition) is 1. The smallest absolute Gasteiger partial charge is 0.152 e. The molecule has 4 nitrogen and oxygen atoms in total. The number of furan rings is 1. The highest BCUT2D eigenvalue weighted by Crippen LogP contribution is 2.25. The second-order valence-corrected chi connectivity index (χ2v) is 4.48. The van der Waals surface area contributed by atoms with Crippen molar-refractivity contribution >= 4 is 17.2 Å². The van der Waals surface area contributed by atoms with E-state index in [2.05, 4.69) is 20.7 Å². The molecule has 0 aromatic carbocycles. The van der Waals surface area contributed by atoms with Gasteiger partial charge < -0.3 is 9.73 Å². The fraction of sp³-hybridized carbons (Fsp3) is 0.0769. The highest BCUT2D eigenvalue weighted by atomic mass is 32.1. The highest BCUT2D eigenvalue weighted by Gasteiger charge is 2.08. The van der Waals surface area contributed by atoms with Crippen LogP contribution in [0.25, 0.3) is 11.3 Å². The summed E-state index contributed by atoms with van der Waals surface area (Å²) in [5.74, 6) is 1.64. The summed E-state index contributed by atoms with van der Waals surface area (Å²) in [4.78, 5) is 8.70. The summed E-state index contributed by atoms with van der Waals surface area (Å²) < 4.78 is 5.28. The number of hydrogen-bond acceptors (Lipinski definition) is 5. The lowest BCUT2D eigenvalue weighted by molar-refractivity contribution is 0.518. The minimum Gasteiger partial charge on any atom is -0.467 e. The zero-order chi connectivity index (χ0) is 12.2. The van der Waals surface area contributed by atoms with Gasteiger partial charge in [0.05, 0.1) is 12.8 Å². The second kappa shape index (κ2) is 5.01. The van der Waals surface area contributed by atoms with Crippen LogP contribution in [0.3, 0.4) is 0 Å². The van der Waals surface area contributed by atoms with E-state index >= 15 is 0 Å². The van der Waals surface area contributed by atoms with Crippen LogP contribution in [0.4, 0.5) is 5.82 Å². The van der Waals surface area contributed by atoms with Gasteiger partial charge in [-0.2, -0.15) is 11.3 Å². The SMILES string of the molecule is c1coc(CNc2nccnc2-c2ccsc2)c1. The summed E-state index contributed by atoms with van der Waals surface area (Å²) in [6.07, 6.45) is 5.04. The maximum Gasteiger partial charge on any atom is 0.152 e. The Morgan fingerprint density at radius 2 is 2.17 bits per heavy atom. The van der Waals surface area contributed by atoms with Gasteiger partial charge >= 0.3 is 0 Å². The summed E-state index contributed by atoms with van der Waals surface area (Å²) in [6, 6.07) is 5.83. The van der Waals surface area contributed by atoms with Crippen LogP contribution < -0.4 is 5.32 Å². The molecule has 0 fully saturated rings. The van der Waals surface area contributed by atoms with Crippen molar-refractivity contribution in [3.63, 3.8) is 0 Å². The number of nitrogens with zero attached hydrogens (tertiary/aromatic N) is 2. The predicted octanol–water partition coefficient (Wildman–Crippen LogP) is 3.41. The predicted molar refractivity (Wildman–Crippen MR) is 71.4 cm³/mol. The first-order valence-corrected chi connectivity index (χ1v) is 6.47. The van der Waals surface area contributed by atoms with Crippen LogP contribution in [0.2, 0.25) is 0 Å². The monoisotopic (exact) mass is 257 g/mol. The van der Waals surface area contributed by atoms with Gasteiger partial charge in [0.15, 0.2) is 5.82 Å². The first-order valence-electron chi connectivity index (χ1n) is 5.53. The van der Waals surface area contributed by atoms with Crippen molar-refractivity contribution in [2.24, 2.45) is 0 Å². The number of rotatable bonds is 4. The van der Waals surface area contributed by atoms with Gasteiger partial charge in [0.25, 0.3) is 0 Å². The van der Waals surface area contributed by atoms with Gasteiger partial charge in [-0.3, -0.25) is 4.98 Å². The molecular weight excluding hydrogens is 246 g/mol. The van der Waals surface area contributed by atoms with Crippen molar-refractivity contribution in [3.05, 3.63) is 53.4 Å². The topological polar surface area (TPSA) is 51.0 Å². The van der Waals surface area contributed by atoms with Crippen LogP contribution in [-0.2, 0) is 6.54 Å². The van der Waals surface area contributed by atoms with Gasteiger partial charge in [0.2, 0.25) is 0 Å². The lowest BCUT2D eigenvalue weighted by Gasteiger charge is -2.07. The fourth-order valence-corrected chi connectivity index (χ4v) is 2.30. The Kier molecular flexibility index (Phi) is 3.06. The first-order chi connectivity index (χ1) is 8.93. The van der Waals surface area contributed by atoms with E-state index in [-0.39, 0.29) is 0 Å². The molecule has 3 aromatic rings. The van der Waals surface area contributed by atoms with E-state index in [1.165, 1.54) is 0 Å². The van der Waals surface area contributed by atoms with Gasteiger partial charge in [0, 0.05) is 23.3 Å². The van der Waals surface area contributed by atoms with Crippen molar-refractivity contribution < 1.29 is 4.42 Å². The molecule has 0 radical (unpaired) electrons. The summed E-state index contributed by atoms with van der Waals surface area (Å²) in [5.41, 5.74) is 1.94. The van der Waals surface area contributed by atoms with Crippen molar-refractivity contribution in [2.45, 2.75) is 6.54 Å². The second-order valence-electron chi connectivity index (χ2n) is 3.70. The molecule has 18 heavy (non-hydrogen) atoms. The molecule has 0 aliphatic carbocycles. The lowest BCUT2D eigenvalue weighted by atomic mass is 10.2. The van der Waals surface area contributed by atoms with Crippen molar-refractivity contribution in [1.82, 2.24) is 9.97 Å². The summed E-state index contributed by atoms with van der Waals surface area (Å²) in [6.45, 7) is 0.600. The van der Waals surface area contributed by atoms with E-state index < -0.39 is 0 Å². The van der Waals surface area contributed by atoms with E-state index in [9.17, 15) is 0 Å². The maximum absolute atomic E-state index is 5.28. The number of anilines is 1. The number of nitrogens with one attached hydrogen (secondary N) is 1. The van der Waals surface area contributed by atoms with Crippen LogP contribution >= 0.6 is 11.3 Å². The van der Waals surface area contributed by atoms with Gasteiger partial charge in [-0.15, -0.1) is 0 Å². The lowest BCUT2D eigenvalue weighted by Crippen LogP contribution is -2.03. The molecule has 0 bridgehead atoms. The van der Waals surface area contributed by atoms with E-state index in [0.717, 1.165) is 22.8 Å². The molecule has 3 rings (SSSR count). The molecule has 0 amide bonds. The highest BCUT2D eigenvalue weighted by molar-refractivity contribution is 7.08. The minimum atomic E-state index is 0.600. The Morgan fingerprint density at radius 1 is 1.22 bits per heavy atom. The third-order valence-corrected chi connectivity index (χ3v) is 3.19. The van der Waals surface area contributed by atoms with E-state index in [1.807, 2.05) is 23.6 Å². The van der Waals surface area contributed by atoms with Gasteiger partial charge in [-0.25, -0.2) is 4.98 Å². The van der Waals surface area contributed by atoms with Crippen molar-refractivity contribution in [1.29, 1.82) is 0 Å². The average Bonchev–Trinajstić information content (AvgIpc) is 3.10. The van der Waals surface area contributed by atoms with Crippen LogP contribution in [0.15, 0.2) is 52.0 Å². The Balaban J connectivity index is 1.84. The average molecular weight is 257 g/mol. The van der Waals surface area contributed by atoms with Gasteiger partial charge in [-0.1, -0.05) is 0 Å². The maximum atomic E-state index is 5.28. The number of aromatic nitrogens is 2. The fourth-order valence-electron chi connectivity index (χ4n) is 1.66. The van der Waals surface area contributed by atoms with Crippen LogP contribution in [0.5, 0.6) is 0 Å². The molecule has 5 heteroatoms.